The molecule has 0 fully saturated rings. The summed E-state index contributed by atoms with van der Waals surface area (Å²) in [7, 11) is 0. The fourth-order valence-electron chi connectivity index (χ4n) is 4.41. The maximum atomic E-state index is 7.82. The van der Waals surface area contributed by atoms with Crippen molar-refractivity contribution < 1.29 is 32.7 Å². The first-order valence-electron chi connectivity index (χ1n) is 15.1. The van der Waals surface area contributed by atoms with Crippen molar-refractivity contribution in [3.8, 4) is 22.5 Å². The van der Waals surface area contributed by atoms with Crippen molar-refractivity contribution in [2.45, 2.75) is 27.6 Å². The molecule has 0 amide bonds. The fraction of sp³-hybridized carbons (Fsp3) is 0.118. The van der Waals surface area contributed by atoms with Crippen molar-refractivity contribution in [1.29, 1.82) is 0 Å². The predicted molar refractivity (Wildman–Crippen MR) is 159 cm³/mol. The Morgan fingerprint density at radius 3 is 2.49 bits per heavy atom. The molecule has 0 spiro atoms. The second-order valence-corrected chi connectivity index (χ2v) is 10.3. The minimum Gasteiger partial charge on any atom is -0.501 e. The minimum absolute atomic E-state index is 0. The number of furan rings is 1. The van der Waals surface area contributed by atoms with Gasteiger partial charge in [-0.15, -0.1) is 65.4 Å². The van der Waals surface area contributed by atoms with Crippen LogP contribution in [0.5, 0.6) is 0 Å². The van der Waals surface area contributed by atoms with Crippen LogP contribution in [0.3, 0.4) is 0 Å². The molecule has 0 N–H and O–H groups in total. The van der Waals surface area contributed by atoms with Gasteiger partial charge in [0.2, 0.25) is 0 Å². The van der Waals surface area contributed by atoms with Crippen molar-refractivity contribution in [3.05, 3.63) is 119 Å². The Hall–Kier alpha value is -3.63. The summed E-state index contributed by atoms with van der Waals surface area (Å²) in [6.45, 7) is -1.08. The number of aromatic nitrogens is 2. The average Bonchev–Trinajstić information content (AvgIpc) is 3.56. The Labute approximate surface area is 254 Å². The van der Waals surface area contributed by atoms with E-state index in [0.717, 1.165) is 43.9 Å². The standard InChI is InChI=1S/C22H16NOS.C12H10N.Ir/c1-12-9-18(23-11-13(12)2)16-5-4-6-17-20-19(24-21(16)17)8-7-15-10-14(3)25-22(15)20;1-10-7-8-12(13-9-10)11-5-3-2-4-6-11;/h4,6-11H,1-3H3;2-5,7-9H,1H3;/q2*-1;/i1D3,2D3;;. The smallest absolute Gasteiger partial charge is 0.122 e. The van der Waals surface area contributed by atoms with E-state index < -0.39 is 13.7 Å². The van der Waals surface area contributed by atoms with Gasteiger partial charge in [-0.2, -0.15) is 0 Å². The summed E-state index contributed by atoms with van der Waals surface area (Å²) in [5, 5.41) is 3.02. The van der Waals surface area contributed by atoms with Gasteiger partial charge in [-0.3, -0.25) is 0 Å². The average molecular weight is 709 g/mol. The summed E-state index contributed by atoms with van der Waals surface area (Å²) in [5.74, 6) is 0. The van der Waals surface area contributed by atoms with Gasteiger partial charge in [0.05, 0.1) is 5.58 Å². The van der Waals surface area contributed by atoms with Crippen LogP contribution >= 0.6 is 11.3 Å². The Kier molecular flexibility index (Phi) is 5.85. The van der Waals surface area contributed by atoms with Gasteiger partial charge < -0.3 is 14.4 Å². The van der Waals surface area contributed by atoms with E-state index in [9.17, 15) is 0 Å². The van der Waals surface area contributed by atoms with Crippen LogP contribution in [0.4, 0.5) is 0 Å². The Morgan fingerprint density at radius 2 is 1.72 bits per heavy atom. The monoisotopic (exact) mass is 709 g/mol. The van der Waals surface area contributed by atoms with E-state index in [0.29, 0.717) is 16.8 Å². The number of hydrogen-bond donors (Lipinski definition) is 0. The van der Waals surface area contributed by atoms with Gasteiger partial charge in [-0.25, -0.2) is 0 Å². The zero-order valence-corrected chi connectivity index (χ0v) is 24.3. The summed E-state index contributed by atoms with van der Waals surface area (Å²) in [6, 6.07) is 29.2. The molecule has 0 aliphatic rings. The second-order valence-electron chi connectivity index (χ2n) is 9.02. The number of fused-ring (bicyclic) bond motifs is 5. The van der Waals surface area contributed by atoms with Crippen LogP contribution in [0.1, 0.15) is 29.8 Å². The van der Waals surface area contributed by atoms with E-state index >= 15 is 0 Å². The molecular formula is C34H26IrN2OS-2. The van der Waals surface area contributed by atoms with Crippen molar-refractivity contribution in [1.82, 2.24) is 9.97 Å². The van der Waals surface area contributed by atoms with Gasteiger partial charge in [0.25, 0.3) is 0 Å². The van der Waals surface area contributed by atoms with Crippen LogP contribution in [-0.4, -0.2) is 9.97 Å². The molecule has 0 bridgehead atoms. The van der Waals surface area contributed by atoms with E-state index in [1.54, 1.807) is 17.4 Å². The van der Waals surface area contributed by atoms with E-state index in [-0.39, 0.29) is 31.2 Å². The molecule has 4 aromatic heterocycles. The van der Waals surface area contributed by atoms with Crippen LogP contribution in [-0.2, 0) is 20.1 Å². The molecular weight excluding hydrogens is 677 g/mol. The Balaban J connectivity index is 0.000000240. The maximum Gasteiger partial charge on any atom is 0.122 e. The Morgan fingerprint density at radius 1 is 0.846 bits per heavy atom. The van der Waals surface area contributed by atoms with E-state index in [1.807, 2.05) is 61.7 Å². The summed E-state index contributed by atoms with van der Waals surface area (Å²) >= 11 is 1.69. The molecule has 0 aliphatic heterocycles. The molecule has 7 aromatic rings. The number of hydrogen-bond acceptors (Lipinski definition) is 4. The summed E-state index contributed by atoms with van der Waals surface area (Å²) in [5.41, 5.74) is 4.76. The third-order valence-corrected chi connectivity index (χ3v) is 7.34. The van der Waals surface area contributed by atoms with Crippen molar-refractivity contribution >= 4 is 43.4 Å². The number of pyridine rings is 2. The molecule has 1 radical (unpaired) electrons. The minimum atomic E-state index is -2.59. The first-order valence-corrected chi connectivity index (χ1v) is 12.9. The number of nitrogens with zero attached hydrogens (tertiary/aromatic N) is 2. The van der Waals surface area contributed by atoms with Crippen molar-refractivity contribution in [2.75, 3.05) is 0 Å². The molecule has 3 nitrogen and oxygen atoms in total. The molecule has 195 valence electrons. The molecule has 0 saturated heterocycles. The molecule has 5 heteroatoms. The number of rotatable bonds is 2. The fourth-order valence-corrected chi connectivity index (χ4v) is 5.48. The quantitative estimate of drug-likeness (QED) is 0.168. The van der Waals surface area contributed by atoms with Crippen LogP contribution in [0.15, 0.2) is 89.6 Å². The summed E-state index contributed by atoms with van der Waals surface area (Å²) in [6.07, 6.45) is 3.00. The van der Waals surface area contributed by atoms with E-state index in [4.69, 9.17) is 12.6 Å². The van der Waals surface area contributed by atoms with Gasteiger partial charge in [0, 0.05) is 55.7 Å². The first kappa shape index (κ1) is 20.3. The normalized spacial score (nSPS) is 13.8. The Bertz CT molecular complexity index is 2120. The van der Waals surface area contributed by atoms with Crippen LogP contribution in [0.2, 0.25) is 0 Å². The molecule has 4 heterocycles. The molecule has 0 aliphatic carbocycles. The van der Waals surface area contributed by atoms with E-state index in [1.165, 1.54) is 16.5 Å². The summed E-state index contributed by atoms with van der Waals surface area (Å²) in [4.78, 5) is 9.79. The number of thiophene rings is 1. The van der Waals surface area contributed by atoms with Gasteiger partial charge >= 0.3 is 0 Å². The zero-order valence-electron chi connectivity index (χ0n) is 27.1. The topological polar surface area (TPSA) is 38.9 Å². The SMILES string of the molecule is Cc1ccc(-c2[c-]cccc2)nc1.[2H]C([2H])([2H])c1cnc(-c2[c-]ccc3c2oc2ccc4cc(C)sc4c23)cc1C([2H])([2H])[2H].[Ir]. The molecule has 39 heavy (non-hydrogen) atoms. The van der Waals surface area contributed by atoms with Gasteiger partial charge in [-0.1, -0.05) is 34.7 Å². The number of benzene rings is 3. The van der Waals surface area contributed by atoms with E-state index in [2.05, 4.69) is 41.2 Å². The molecule has 0 atom stereocenters. The number of aryl methyl sites for hydroxylation is 4. The predicted octanol–water partition coefficient (Wildman–Crippen LogP) is 9.44. The molecule has 0 unspecified atom stereocenters. The largest absolute Gasteiger partial charge is 0.501 e. The van der Waals surface area contributed by atoms with Gasteiger partial charge in [-0.05, 0) is 73.7 Å². The second kappa shape index (κ2) is 11.2. The molecule has 3 aromatic carbocycles. The van der Waals surface area contributed by atoms with Gasteiger partial charge in [0.15, 0.2) is 0 Å². The third-order valence-electron chi connectivity index (χ3n) is 6.26. The third kappa shape index (κ3) is 5.31. The van der Waals surface area contributed by atoms with Crippen molar-refractivity contribution in [2.24, 2.45) is 0 Å². The zero-order chi connectivity index (χ0) is 31.2. The summed E-state index contributed by atoms with van der Waals surface area (Å²) < 4.78 is 53.8. The molecule has 7 rings (SSSR count). The molecule has 0 saturated carbocycles. The van der Waals surface area contributed by atoms with Crippen molar-refractivity contribution in [3.63, 3.8) is 0 Å². The van der Waals surface area contributed by atoms with Crippen LogP contribution < -0.4 is 0 Å². The van der Waals surface area contributed by atoms with Crippen LogP contribution in [0.25, 0.3) is 54.5 Å². The van der Waals surface area contributed by atoms with Crippen LogP contribution in [0, 0.1) is 39.7 Å². The first-order chi connectivity index (χ1) is 20.9. The maximum absolute atomic E-state index is 7.82. The van der Waals surface area contributed by atoms with Gasteiger partial charge in [0.1, 0.15) is 5.58 Å².